The number of nitrogens with zero attached hydrogens (tertiary/aromatic N) is 2. The smallest absolute Gasteiger partial charge is 0.231 e. The molecule has 0 spiro atoms. The molecular weight excluding hydrogens is 290 g/mol. The maximum Gasteiger partial charge on any atom is 0.231 e. The second-order valence-corrected chi connectivity index (χ2v) is 5.53. The first-order valence-corrected chi connectivity index (χ1v) is 7.65. The first-order valence-electron chi connectivity index (χ1n) is 7.65. The fraction of sp³-hybridized carbons (Fsp3) is 0.278. The van der Waals surface area contributed by atoms with Crippen molar-refractivity contribution in [2.75, 3.05) is 32.7 Å². The van der Waals surface area contributed by atoms with Crippen LogP contribution in [0.3, 0.4) is 0 Å². The number of hydrogen-bond donors (Lipinski definition) is 1. The summed E-state index contributed by atoms with van der Waals surface area (Å²) in [5.41, 5.74) is 2.22. The van der Waals surface area contributed by atoms with Crippen LogP contribution in [0.4, 0.5) is 5.69 Å². The van der Waals surface area contributed by atoms with Gasteiger partial charge in [0, 0.05) is 26.3 Å². The van der Waals surface area contributed by atoms with Gasteiger partial charge in [-0.25, -0.2) is 0 Å². The molecule has 23 heavy (non-hydrogen) atoms. The molecule has 1 N–H and O–H groups in total. The Kier molecular flexibility index (Phi) is 4.66. The lowest BCUT2D eigenvalue weighted by Gasteiger charge is -2.17. The van der Waals surface area contributed by atoms with Gasteiger partial charge in [0.15, 0.2) is 17.5 Å². The number of nitrogens with one attached hydrogen (secondary N) is 1. The van der Waals surface area contributed by atoms with Crippen LogP contribution in [0.2, 0.25) is 0 Å². The van der Waals surface area contributed by atoms with Crippen molar-refractivity contribution >= 4 is 11.6 Å². The van der Waals surface area contributed by atoms with Gasteiger partial charge in [0.25, 0.3) is 0 Å². The third-order valence-electron chi connectivity index (χ3n) is 3.55. The highest BCUT2D eigenvalue weighted by molar-refractivity contribution is 5.93. The molecule has 2 aromatic rings. The zero-order valence-electron chi connectivity index (χ0n) is 13.5. The van der Waals surface area contributed by atoms with Crippen molar-refractivity contribution in [2.45, 2.75) is 6.42 Å². The van der Waals surface area contributed by atoms with E-state index in [4.69, 9.17) is 9.47 Å². The molecule has 0 bridgehead atoms. The highest BCUT2D eigenvalue weighted by Gasteiger charge is 2.12. The summed E-state index contributed by atoms with van der Waals surface area (Å²) in [6.07, 6.45) is 0.852. The molecule has 0 aliphatic carbocycles. The molecule has 0 radical (unpaired) electrons. The quantitative estimate of drug-likeness (QED) is 0.696. The van der Waals surface area contributed by atoms with Crippen LogP contribution in [0.15, 0.2) is 53.5 Å². The van der Waals surface area contributed by atoms with E-state index in [9.17, 15) is 0 Å². The van der Waals surface area contributed by atoms with Gasteiger partial charge in [-0.15, -0.1) is 0 Å². The Labute approximate surface area is 136 Å². The third kappa shape index (κ3) is 3.94. The number of anilines is 1. The van der Waals surface area contributed by atoms with E-state index >= 15 is 0 Å². The molecule has 0 fully saturated rings. The van der Waals surface area contributed by atoms with Crippen LogP contribution in [-0.4, -0.2) is 38.3 Å². The Morgan fingerprint density at radius 1 is 1.09 bits per heavy atom. The number of ether oxygens (including phenoxy) is 2. The van der Waals surface area contributed by atoms with E-state index in [0.29, 0.717) is 13.3 Å². The normalized spacial score (nSPS) is 13.0. The SMILES string of the molecule is CN(C)C(=NCCc1ccc2c(c1)OCO2)Nc1ccccc1. The minimum Gasteiger partial charge on any atom is -0.454 e. The Bertz CT molecular complexity index is 684. The van der Waals surface area contributed by atoms with E-state index in [2.05, 4.69) is 16.4 Å². The van der Waals surface area contributed by atoms with Gasteiger partial charge in [-0.1, -0.05) is 24.3 Å². The Balaban J connectivity index is 1.62. The molecule has 0 unspecified atom stereocenters. The van der Waals surface area contributed by atoms with Crippen molar-refractivity contribution in [3.8, 4) is 11.5 Å². The number of guanidine groups is 1. The van der Waals surface area contributed by atoms with Crippen LogP contribution in [0.1, 0.15) is 5.56 Å². The van der Waals surface area contributed by atoms with Crippen LogP contribution in [0.25, 0.3) is 0 Å². The average Bonchev–Trinajstić information content (AvgIpc) is 3.02. The van der Waals surface area contributed by atoms with Crippen LogP contribution in [-0.2, 0) is 6.42 Å². The van der Waals surface area contributed by atoms with Gasteiger partial charge in [-0.2, -0.15) is 0 Å². The zero-order chi connectivity index (χ0) is 16.1. The van der Waals surface area contributed by atoms with Gasteiger partial charge in [-0.3, -0.25) is 4.99 Å². The van der Waals surface area contributed by atoms with Gasteiger partial charge in [0.2, 0.25) is 6.79 Å². The Morgan fingerprint density at radius 3 is 2.65 bits per heavy atom. The molecule has 5 nitrogen and oxygen atoms in total. The summed E-state index contributed by atoms with van der Waals surface area (Å²) in [5.74, 6) is 2.48. The van der Waals surface area contributed by atoms with Crippen molar-refractivity contribution in [1.29, 1.82) is 0 Å². The van der Waals surface area contributed by atoms with Crippen molar-refractivity contribution in [1.82, 2.24) is 4.90 Å². The first kappa shape index (κ1) is 15.2. The molecular formula is C18H21N3O2. The number of hydrogen-bond acceptors (Lipinski definition) is 3. The molecule has 0 atom stereocenters. The number of fused-ring (bicyclic) bond motifs is 1. The largest absolute Gasteiger partial charge is 0.454 e. The van der Waals surface area contributed by atoms with Crippen molar-refractivity contribution < 1.29 is 9.47 Å². The zero-order valence-corrected chi connectivity index (χ0v) is 13.5. The maximum atomic E-state index is 5.41. The molecule has 3 rings (SSSR count). The van der Waals surface area contributed by atoms with Gasteiger partial charge in [-0.05, 0) is 36.2 Å². The summed E-state index contributed by atoms with van der Waals surface area (Å²) in [4.78, 5) is 6.65. The molecule has 1 aliphatic heterocycles. The number of aliphatic imine (C=N–C) groups is 1. The topological polar surface area (TPSA) is 46.1 Å². The van der Waals surface area contributed by atoms with Gasteiger partial charge in [0.1, 0.15) is 0 Å². The van der Waals surface area contributed by atoms with Crippen molar-refractivity contribution in [3.05, 3.63) is 54.1 Å². The molecule has 5 heteroatoms. The summed E-state index contributed by atoms with van der Waals surface area (Å²) >= 11 is 0. The molecule has 1 heterocycles. The van der Waals surface area contributed by atoms with Crippen molar-refractivity contribution in [3.63, 3.8) is 0 Å². The van der Waals surface area contributed by atoms with Gasteiger partial charge in [0.05, 0.1) is 0 Å². The second-order valence-electron chi connectivity index (χ2n) is 5.53. The fourth-order valence-corrected chi connectivity index (χ4v) is 2.33. The minimum absolute atomic E-state index is 0.308. The molecule has 1 aliphatic rings. The molecule has 0 aromatic heterocycles. The molecule has 0 saturated carbocycles. The Morgan fingerprint density at radius 2 is 1.87 bits per heavy atom. The predicted molar refractivity (Wildman–Crippen MR) is 92.3 cm³/mol. The van der Waals surface area contributed by atoms with Crippen LogP contribution in [0, 0.1) is 0 Å². The van der Waals surface area contributed by atoms with Crippen molar-refractivity contribution in [2.24, 2.45) is 4.99 Å². The number of para-hydroxylation sites is 1. The summed E-state index contributed by atoms with van der Waals surface area (Å²) in [5, 5.41) is 3.34. The van der Waals surface area contributed by atoms with Crippen LogP contribution in [0.5, 0.6) is 11.5 Å². The molecule has 0 saturated heterocycles. The third-order valence-corrected chi connectivity index (χ3v) is 3.55. The van der Waals surface area contributed by atoms with E-state index in [0.717, 1.165) is 29.6 Å². The van der Waals surface area contributed by atoms with Crippen LogP contribution < -0.4 is 14.8 Å². The second kappa shape index (κ2) is 7.05. The summed E-state index contributed by atoms with van der Waals surface area (Å²) in [6, 6.07) is 16.1. The fourth-order valence-electron chi connectivity index (χ4n) is 2.33. The van der Waals surface area contributed by atoms with Gasteiger partial charge >= 0.3 is 0 Å². The number of benzene rings is 2. The van der Waals surface area contributed by atoms with E-state index in [1.165, 1.54) is 5.56 Å². The highest BCUT2D eigenvalue weighted by atomic mass is 16.7. The standard InChI is InChI=1S/C18H21N3O2/c1-21(2)18(20-15-6-4-3-5-7-15)19-11-10-14-8-9-16-17(12-14)23-13-22-16/h3-9,12H,10-11,13H2,1-2H3,(H,19,20). The van der Waals surface area contributed by atoms with Gasteiger partial charge < -0.3 is 19.7 Å². The number of rotatable bonds is 4. The van der Waals surface area contributed by atoms with Crippen LogP contribution >= 0.6 is 0 Å². The first-order chi connectivity index (χ1) is 11.2. The monoisotopic (exact) mass is 311 g/mol. The molecule has 120 valence electrons. The van der Waals surface area contributed by atoms with E-state index < -0.39 is 0 Å². The lowest BCUT2D eigenvalue weighted by Crippen LogP contribution is -2.30. The minimum atomic E-state index is 0.308. The lowest BCUT2D eigenvalue weighted by molar-refractivity contribution is 0.174. The van der Waals surface area contributed by atoms with E-state index in [-0.39, 0.29) is 0 Å². The average molecular weight is 311 g/mol. The summed E-state index contributed by atoms with van der Waals surface area (Å²) in [6.45, 7) is 1.01. The summed E-state index contributed by atoms with van der Waals surface area (Å²) < 4.78 is 10.7. The highest BCUT2D eigenvalue weighted by Crippen LogP contribution is 2.32. The molecule has 2 aromatic carbocycles. The van der Waals surface area contributed by atoms with E-state index in [1.807, 2.05) is 61.5 Å². The molecule has 0 amide bonds. The predicted octanol–water partition coefficient (Wildman–Crippen LogP) is 2.99. The lowest BCUT2D eigenvalue weighted by atomic mass is 10.1. The van der Waals surface area contributed by atoms with E-state index in [1.54, 1.807) is 0 Å². The Hall–Kier alpha value is -2.69. The summed E-state index contributed by atoms with van der Waals surface area (Å²) in [7, 11) is 3.96. The maximum absolute atomic E-state index is 5.41.